The van der Waals surface area contributed by atoms with Gasteiger partial charge in [-0.2, -0.15) is 0 Å². The second-order valence-corrected chi connectivity index (χ2v) is 2.52. The number of methoxy groups -OCH3 is 1. The number of aliphatic hydroxyl groups is 1. The highest BCUT2D eigenvalue weighted by Gasteiger charge is 2.18. The summed E-state index contributed by atoms with van der Waals surface area (Å²) in [7, 11) is 1.61. The lowest BCUT2D eigenvalue weighted by Crippen LogP contribution is -2.46. The Morgan fingerprint density at radius 3 is 2.64 bits per heavy atom. The molecule has 0 saturated carbocycles. The predicted molar refractivity (Wildman–Crippen MR) is 40.3 cm³/mol. The predicted octanol–water partition coefficient (Wildman–Crippen LogP) is -0.717. The Balaban J connectivity index is 2.30. The van der Waals surface area contributed by atoms with E-state index in [1.165, 1.54) is 0 Å². The van der Waals surface area contributed by atoms with Gasteiger partial charge in [0.1, 0.15) is 6.23 Å². The molecular weight excluding hydrogens is 146 g/mol. The van der Waals surface area contributed by atoms with Crippen molar-refractivity contribution in [3.8, 4) is 0 Å². The minimum Gasteiger partial charge on any atom is -0.392 e. The largest absolute Gasteiger partial charge is 0.392 e. The van der Waals surface area contributed by atoms with Crippen molar-refractivity contribution in [1.29, 1.82) is 0 Å². The number of nitrogens with zero attached hydrogens (tertiary/aromatic N) is 1. The summed E-state index contributed by atoms with van der Waals surface area (Å²) in [5.41, 5.74) is 0. The SMILES string of the molecule is COC(CO)N1CCOCC1. The van der Waals surface area contributed by atoms with Crippen molar-refractivity contribution in [2.75, 3.05) is 40.0 Å². The lowest BCUT2D eigenvalue weighted by molar-refractivity contribution is -0.0990. The Morgan fingerprint density at radius 1 is 1.55 bits per heavy atom. The van der Waals surface area contributed by atoms with Crippen LogP contribution in [-0.2, 0) is 9.47 Å². The van der Waals surface area contributed by atoms with E-state index in [0.29, 0.717) is 0 Å². The molecule has 0 aliphatic carbocycles. The highest BCUT2D eigenvalue weighted by molar-refractivity contribution is 4.65. The zero-order valence-corrected chi connectivity index (χ0v) is 6.82. The molecule has 0 aromatic carbocycles. The molecule has 11 heavy (non-hydrogen) atoms. The van der Waals surface area contributed by atoms with E-state index in [4.69, 9.17) is 14.6 Å². The number of ether oxygens (including phenoxy) is 2. The van der Waals surface area contributed by atoms with E-state index in [0.717, 1.165) is 26.3 Å². The van der Waals surface area contributed by atoms with Crippen LogP contribution >= 0.6 is 0 Å². The van der Waals surface area contributed by atoms with Gasteiger partial charge in [0.25, 0.3) is 0 Å². The molecule has 1 rings (SSSR count). The van der Waals surface area contributed by atoms with Crippen molar-refractivity contribution < 1.29 is 14.6 Å². The second kappa shape index (κ2) is 4.66. The Labute approximate surface area is 66.7 Å². The van der Waals surface area contributed by atoms with E-state index < -0.39 is 0 Å². The van der Waals surface area contributed by atoms with Crippen LogP contribution < -0.4 is 0 Å². The zero-order chi connectivity index (χ0) is 8.10. The minimum absolute atomic E-state index is 0.0521. The zero-order valence-electron chi connectivity index (χ0n) is 6.82. The quantitative estimate of drug-likeness (QED) is 0.593. The van der Waals surface area contributed by atoms with Gasteiger partial charge in [0.15, 0.2) is 0 Å². The molecular formula is C7H15NO3. The molecule has 66 valence electrons. The minimum atomic E-state index is -0.154. The summed E-state index contributed by atoms with van der Waals surface area (Å²) < 4.78 is 10.2. The summed E-state index contributed by atoms with van der Waals surface area (Å²) in [6.45, 7) is 3.22. The van der Waals surface area contributed by atoms with Crippen molar-refractivity contribution >= 4 is 0 Å². The van der Waals surface area contributed by atoms with E-state index in [1.54, 1.807) is 7.11 Å². The fraction of sp³-hybridized carbons (Fsp3) is 1.00. The molecule has 4 heteroatoms. The summed E-state index contributed by atoms with van der Waals surface area (Å²) >= 11 is 0. The standard InChI is InChI=1S/C7H15NO3/c1-10-7(6-9)8-2-4-11-5-3-8/h7,9H,2-6H2,1H3. The van der Waals surface area contributed by atoms with Crippen molar-refractivity contribution in [3.05, 3.63) is 0 Å². The third-order valence-corrected chi connectivity index (χ3v) is 1.88. The van der Waals surface area contributed by atoms with Crippen LogP contribution in [-0.4, -0.2) is 56.3 Å². The highest BCUT2D eigenvalue weighted by Crippen LogP contribution is 2.03. The van der Waals surface area contributed by atoms with Crippen LogP contribution in [0.4, 0.5) is 0 Å². The number of hydrogen-bond acceptors (Lipinski definition) is 4. The van der Waals surface area contributed by atoms with Crippen LogP contribution in [0.3, 0.4) is 0 Å². The smallest absolute Gasteiger partial charge is 0.133 e. The molecule has 1 fully saturated rings. The summed E-state index contributed by atoms with van der Waals surface area (Å²) in [4.78, 5) is 2.07. The van der Waals surface area contributed by atoms with Gasteiger partial charge in [-0.05, 0) is 0 Å². The molecule has 1 heterocycles. The van der Waals surface area contributed by atoms with Crippen molar-refractivity contribution in [2.45, 2.75) is 6.23 Å². The number of rotatable bonds is 3. The molecule has 0 radical (unpaired) electrons. The second-order valence-electron chi connectivity index (χ2n) is 2.52. The van der Waals surface area contributed by atoms with E-state index in [1.807, 2.05) is 0 Å². The van der Waals surface area contributed by atoms with Gasteiger partial charge in [-0.1, -0.05) is 0 Å². The third-order valence-electron chi connectivity index (χ3n) is 1.88. The highest BCUT2D eigenvalue weighted by atomic mass is 16.5. The Bertz CT molecular complexity index is 99.9. The third kappa shape index (κ3) is 2.41. The Kier molecular flexibility index (Phi) is 3.79. The molecule has 0 amide bonds. The van der Waals surface area contributed by atoms with Crippen LogP contribution in [0.5, 0.6) is 0 Å². The van der Waals surface area contributed by atoms with Gasteiger partial charge in [-0.15, -0.1) is 0 Å². The molecule has 0 spiro atoms. The van der Waals surface area contributed by atoms with Crippen LogP contribution in [0, 0.1) is 0 Å². The summed E-state index contributed by atoms with van der Waals surface area (Å²) in [6, 6.07) is 0. The molecule has 1 saturated heterocycles. The monoisotopic (exact) mass is 161 g/mol. The molecule has 0 aromatic heterocycles. The van der Waals surface area contributed by atoms with Gasteiger partial charge in [-0.25, -0.2) is 0 Å². The average Bonchev–Trinajstić information content (AvgIpc) is 2.09. The van der Waals surface area contributed by atoms with Crippen molar-refractivity contribution in [1.82, 2.24) is 4.90 Å². The maximum absolute atomic E-state index is 8.87. The molecule has 1 aliphatic heterocycles. The lowest BCUT2D eigenvalue weighted by atomic mass is 10.4. The van der Waals surface area contributed by atoms with Crippen molar-refractivity contribution in [2.24, 2.45) is 0 Å². The van der Waals surface area contributed by atoms with Gasteiger partial charge in [0, 0.05) is 20.2 Å². The Morgan fingerprint density at radius 2 is 2.18 bits per heavy atom. The average molecular weight is 161 g/mol. The van der Waals surface area contributed by atoms with E-state index in [9.17, 15) is 0 Å². The molecule has 1 atom stereocenters. The van der Waals surface area contributed by atoms with Crippen LogP contribution in [0.25, 0.3) is 0 Å². The van der Waals surface area contributed by atoms with Gasteiger partial charge in [0.2, 0.25) is 0 Å². The van der Waals surface area contributed by atoms with Gasteiger partial charge in [-0.3, -0.25) is 4.90 Å². The van der Waals surface area contributed by atoms with E-state index >= 15 is 0 Å². The van der Waals surface area contributed by atoms with E-state index in [-0.39, 0.29) is 12.8 Å². The van der Waals surface area contributed by atoms with Gasteiger partial charge in [0.05, 0.1) is 19.8 Å². The molecule has 1 unspecified atom stereocenters. The van der Waals surface area contributed by atoms with E-state index in [2.05, 4.69) is 4.90 Å². The van der Waals surface area contributed by atoms with Gasteiger partial charge < -0.3 is 14.6 Å². The number of aliphatic hydroxyl groups excluding tert-OH is 1. The maximum Gasteiger partial charge on any atom is 0.133 e. The molecule has 4 nitrogen and oxygen atoms in total. The van der Waals surface area contributed by atoms with Crippen molar-refractivity contribution in [3.63, 3.8) is 0 Å². The Hall–Kier alpha value is -0.160. The molecule has 1 aliphatic rings. The topological polar surface area (TPSA) is 41.9 Å². The maximum atomic E-state index is 8.87. The first-order chi connectivity index (χ1) is 5.38. The van der Waals surface area contributed by atoms with Crippen LogP contribution in [0.1, 0.15) is 0 Å². The summed E-state index contributed by atoms with van der Waals surface area (Å²) in [5, 5.41) is 8.87. The number of hydrogen-bond donors (Lipinski definition) is 1. The van der Waals surface area contributed by atoms with Crippen LogP contribution in [0.15, 0.2) is 0 Å². The fourth-order valence-electron chi connectivity index (χ4n) is 1.20. The molecule has 0 aromatic rings. The molecule has 0 bridgehead atoms. The summed E-state index contributed by atoms with van der Waals surface area (Å²) in [6.07, 6.45) is -0.154. The normalized spacial score (nSPS) is 23.5. The first-order valence-corrected chi connectivity index (χ1v) is 3.84. The lowest BCUT2D eigenvalue weighted by Gasteiger charge is -2.32. The van der Waals surface area contributed by atoms with Crippen LogP contribution in [0.2, 0.25) is 0 Å². The first-order valence-electron chi connectivity index (χ1n) is 3.84. The molecule has 1 N–H and O–H groups in total. The van der Waals surface area contributed by atoms with Gasteiger partial charge >= 0.3 is 0 Å². The number of morpholine rings is 1. The fourth-order valence-corrected chi connectivity index (χ4v) is 1.20. The first kappa shape index (κ1) is 8.93. The summed E-state index contributed by atoms with van der Waals surface area (Å²) in [5.74, 6) is 0.